The minimum absolute atomic E-state index is 0.166. The monoisotopic (exact) mass is 235 g/mol. The third-order valence-corrected chi connectivity index (χ3v) is 3.38. The Hall–Kier alpha value is -1.62. The summed E-state index contributed by atoms with van der Waals surface area (Å²) in [5.74, 6) is -0.368. The lowest BCUT2D eigenvalue weighted by Gasteiger charge is -2.23. The zero-order valence-electron chi connectivity index (χ0n) is 9.37. The number of halogens is 1. The van der Waals surface area contributed by atoms with E-state index in [1.54, 1.807) is 16.7 Å². The van der Waals surface area contributed by atoms with Gasteiger partial charge in [-0.05, 0) is 38.1 Å². The molecule has 2 N–H and O–H groups in total. The molecule has 3 rings (SSSR count). The molecule has 4 nitrogen and oxygen atoms in total. The van der Waals surface area contributed by atoms with Gasteiger partial charge in [0.1, 0.15) is 11.3 Å². The van der Waals surface area contributed by atoms with E-state index < -0.39 is 0 Å². The summed E-state index contributed by atoms with van der Waals surface area (Å²) < 4.78 is 15.2. The maximum Gasteiger partial charge on any atom is 0.326 e. The molecule has 0 saturated carbocycles. The number of piperidine rings is 1. The first-order valence-electron chi connectivity index (χ1n) is 5.87. The van der Waals surface area contributed by atoms with Gasteiger partial charge >= 0.3 is 5.69 Å². The Balaban J connectivity index is 2.18. The summed E-state index contributed by atoms with van der Waals surface area (Å²) in [6, 6.07) is 4.96. The lowest BCUT2D eigenvalue weighted by Crippen LogP contribution is -2.33. The van der Waals surface area contributed by atoms with Gasteiger partial charge in [0.2, 0.25) is 0 Å². The van der Waals surface area contributed by atoms with E-state index in [-0.39, 0.29) is 17.5 Å². The molecule has 17 heavy (non-hydrogen) atoms. The molecule has 1 aromatic heterocycles. The van der Waals surface area contributed by atoms with Crippen molar-refractivity contribution in [1.29, 1.82) is 0 Å². The molecule has 0 aliphatic carbocycles. The minimum atomic E-state index is -0.368. The van der Waals surface area contributed by atoms with Crippen LogP contribution in [0.15, 0.2) is 23.0 Å². The summed E-state index contributed by atoms with van der Waals surface area (Å²) in [6.07, 6.45) is 1.81. The van der Waals surface area contributed by atoms with Gasteiger partial charge in [-0.25, -0.2) is 9.18 Å². The van der Waals surface area contributed by atoms with E-state index in [9.17, 15) is 9.18 Å². The third kappa shape index (κ3) is 1.67. The Kier molecular flexibility index (Phi) is 2.48. The van der Waals surface area contributed by atoms with Gasteiger partial charge in [-0.1, -0.05) is 6.07 Å². The van der Waals surface area contributed by atoms with E-state index in [1.807, 2.05) is 0 Å². The highest BCUT2D eigenvalue weighted by Crippen LogP contribution is 2.22. The number of rotatable bonds is 1. The number of hydrogen-bond donors (Lipinski definition) is 2. The maximum absolute atomic E-state index is 13.6. The number of benzene rings is 1. The van der Waals surface area contributed by atoms with E-state index in [0.717, 1.165) is 25.9 Å². The van der Waals surface area contributed by atoms with Crippen LogP contribution in [0.4, 0.5) is 4.39 Å². The molecule has 1 aliphatic rings. The highest BCUT2D eigenvalue weighted by Gasteiger charge is 2.20. The molecule has 90 valence electrons. The average molecular weight is 235 g/mol. The van der Waals surface area contributed by atoms with Crippen molar-refractivity contribution < 1.29 is 4.39 Å². The molecule has 5 heteroatoms. The van der Waals surface area contributed by atoms with Crippen LogP contribution in [0.3, 0.4) is 0 Å². The maximum atomic E-state index is 13.6. The van der Waals surface area contributed by atoms with E-state index in [0.29, 0.717) is 11.0 Å². The quantitative estimate of drug-likeness (QED) is 0.784. The Morgan fingerprint density at radius 3 is 2.82 bits per heavy atom. The van der Waals surface area contributed by atoms with Crippen LogP contribution in [-0.2, 0) is 0 Å². The first-order valence-corrected chi connectivity index (χ1v) is 5.87. The number of aromatic amines is 1. The molecule has 1 aromatic carbocycles. The SMILES string of the molecule is O=c1[nH]c2c(F)cccc2n1C1CCNCC1. The molecular formula is C12H14FN3O. The third-order valence-electron chi connectivity index (χ3n) is 3.38. The van der Waals surface area contributed by atoms with Crippen LogP contribution in [0, 0.1) is 5.82 Å². The van der Waals surface area contributed by atoms with E-state index in [4.69, 9.17) is 0 Å². The van der Waals surface area contributed by atoms with Crippen LogP contribution < -0.4 is 11.0 Å². The van der Waals surface area contributed by atoms with Crippen LogP contribution in [0.5, 0.6) is 0 Å². The van der Waals surface area contributed by atoms with Crippen molar-refractivity contribution in [2.45, 2.75) is 18.9 Å². The zero-order chi connectivity index (χ0) is 11.8. The van der Waals surface area contributed by atoms with Gasteiger partial charge in [0.15, 0.2) is 0 Å². The van der Waals surface area contributed by atoms with Crippen molar-refractivity contribution in [3.63, 3.8) is 0 Å². The van der Waals surface area contributed by atoms with Crippen LogP contribution in [0.25, 0.3) is 11.0 Å². The minimum Gasteiger partial charge on any atom is -0.317 e. The molecule has 1 fully saturated rings. The summed E-state index contributed by atoms with van der Waals surface area (Å²) in [5.41, 5.74) is 0.773. The van der Waals surface area contributed by atoms with Crippen LogP contribution >= 0.6 is 0 Å². The molecule has 0 spiro atoms. The van der Waals surface area contributed by atoms with Crippen LogP contribution in [-0.4, -0.2) is 22.6 Å². The van der Waals surface area contributed by atoms with E-state index in [1.165, 1.54) is 6.07 Å². The number of para-hydroxylation sites is 1. The van der Waals surface area contributed by atoms with E-state index in [2.05, 4.69) is 10.3 Å². The van der Waals surface area contributed by atoms with Gasteiger partial charge in [-0.2, -0.15) is 0 Å². The number of H-pyrrole nitrogens is 1. The predicted molar refractivity (Wildman–Crippen MR) is 63.7 cm³/mol. The second-order valence-corrected chi connectivity index (χ2v) is 4.42. The van der Waals surface area contributed by atoms with E-state index >= 15 is 0 Å². The normalized spacial score (nSPS) is 17.7. The number of aromatic nitrogens is 2. The lowest BCUT2D eigenvalue weighted by molar-refractivity contribution is 0.368. The van der Waals surface area contributed by atoms with Gasteiger partial charge in [0, 0.05) is 6.04 Å². The molecule has 0 amide bonds. The number of imidazole rings is 1. The molecule has 1 saturated heterocycles. The molecule has 2 heterocycles. The molecular weight excluding hydrogens is 221 g/mol. The summed E-state index contributed by atoms with van der Waals surface area (Å²) >= 11 is 0. The Morgan fingerprint density at radius 1 is 1.29 bits per heavy atom. The standard InChI is InChI=1S/C12H14FN3O/c13-9-2-1-3-10-11(9)15-12(17)16(10)8-4-6-14-7-5-8/h1-3,8,14H,4-7H2,(H,15,17). The fourth-order valence-corrected chi connectivity index (χ4v) is 2.54. The second-order valence-electron chi connectivity index (χ2n) is 4.42. The fraction of sp³-hybridized carbons (Fsp3) is 0.417. The largest absolute Gasteiger partial charge is 0.326 e. The van der Waals surface area contributed by atoms with Gasteiger partial charge in [-0.3, -0.25) is 4.57 Å². The van der Waals surface area contributed by atoms with Gasteiger partial charge in [-0.15, -0.1) is 0 Å². The Morgan fingerprint density at radius 2 is 2.06 bits per heavy atom. The lowest BCUT2D eigenvalue weighted by atomic mass is 10.1. The smallest absolute Gasteiger partial charge is 0.317 e. The molecule has 0 unspecified atom stereocenters. The summed E-state index contributed by atoms with van der Waals surface area (Å²) in [7, 11) is 0. The van der Waals surface area contributed by atoms with Crippen molar-refractivity contribution in [3.8, 4) is 0 Å². The summed E-state index contributed by atoms with van der Waals surface area (Å²) in [5, 5.41) is 3.26. The van der Waals surface area contributed by atoms with Crippen LogP contribution in [0.1, 0.15) is 18.9 Å². The number of fused-ring (bicyclic) bond motifs is 1. The topological polar surface area (TPSA) is 49.8 Å². The fourth-order valence-electron chi connectivity index (χ4n) is 2.54. The van der Waals surface area contributed by atoms with Crippen LogP contribution in [0.2, 0.25) is 0 Å². The molecule has 2 aromatic rings. The number of hydrogen-bond acceptors (Lipinski definition) is 2. The van der Waals surface area contributed by atoms with Crippen molar-refractivity contribution in [2.75, 3.05) is 13.1 Å². The first kappa shape index (κ1) is 10.5. The Labute approximate surface area is 97.4 Å². The first-order chi connectivity index (χ1) is 8.27. The Bertz CT molecular complexity index is 595. The molecule has 1 aliphatic heterocycles. The van der Waals surface area contributed by atoms with Gasteiger partial charge < -0.3 is 10.3 Å². The van der Waals surface area contributed by atoms with Gasteiger partial charge in [0.25, 0.3) is 0 Å². The highest BCUT2D eigenvalue weighted by atomic mass is 19.1. The zero-order valence-corrected chi connectivity index (χ0v) is 9.37. The second kappa shape index (κ2) is 4.00. The number of nitrogens with zero attached hydrogens (tertiary/aromatic N) is 1. The summed E-state index contributed by atoms with van der Waals surface area (Å²) in [6.45, 7) is 1.80. The average Bonchev–Trinajstić information content (AvgIpc) is 2.68. The van der Waals surface area contributed by atoms with Gasteiger partial charge in [0.05, 0.1) is 5.52 Å². The molecule has 0 atom stereocenters. The van der Waals surface area contributed by atoms with Crippen molar-refractivity contribution >= 4 is 11.0 Å². The van der Waals surface area contributed by atoms with Crippen molar-refractivity contribution in [1.82, 2.24) is 14.9 Å². The van der Waals surface area contributed by atoms with Crippen molar-refractivity contribution in [3.05, 3.63) is 34.5 Å². The van der Waals surface area contributed by atoms with Crippen molar-refractivity contribution in [2.24, 2.45) is 0 Å². The molecule has 0 radical (unpaired) electrons. The summed E-state index contributed by atoms with van der Waals surface area (Å²) in [4.78, 5) is 14.5. The number of nitrogens with one attached hydrogen (secondary N) is 2. The molecule has 0 bridgehead atoms. The predicted octanol–water partition coefficient (Wildman–Crippen LogP) is 1.39. The highest BCUT2D eigenvalue weighted by molar-refractivity contribution is 5.75.